The van der Waals surface area contributed by atoms with Gasteiger partial charge in [0.1, 0.15) is 17.4 Å². The van der Waals surface area contributed by atoms with E-state index in [1.165, 1.54) is 7.11 Å². The first-order valence-electron chi connectivity index (χ1n) is 5.02. The van der Waals surface area contributed by atoms with Crippen molar-refractivity contribution in [1.82, 2.24) is 0 Å². The van der Waals surface area contributed by atoms with Crippen molar-refractivity contribution in [3.63, 3.8) is 0 Å². The predicted molar refractivity (Wildman–Crippen MR) is 63.1 cm³/mol. The van der Waals surface area contributed by atoms with Gasteiger partial charge >= 0.3 is 0 Å². The van der Waals surface area contributed by atoms with Crippen molar-refractivity contribution >= 4 is 5.71 Å². The molecule has 5 nitrogen and oxygen atoms in total. The zero-order valence-electron chi connectivity index (χ0n) is 10.1. The number of oxime groups is 1. The smallest absolute Gasteiger partial charge is 0.188 e. The Bertz CT molecular complexity index is 446. The minimum Gasteiger partial charge on any atom is -0.466 e. The summed E-state index contributed by atoms with van der Waals surface area (Å²) < 4.78 is 10.0. The summed E-state index contributed by atoms with van der Waals surface area (Å²) in [6.45, 7) is 3.68. The Hall–Kier alpha value is -2.06. The minimum absolute atomic E-state index is 0.0776. The summed E-state index contributed by atoms with van der Waals surface area (Å²) in [7, 11) is 1.51. The number of hydrogen-bond acceptors (Lipinski definition) is 5. The molecule has 0 fully saturated rings. The summed E-state index contributed by atoms with van der Waals surface area (Å²) in [6.07, 6.45) is 0. The van der Waals surface area contributed by atoms with Crippen LogP contribution >= 0.6 is 0 Å². The molecule has 90 valence electrons. The second-order valence-electron chi connectivity index (χ2n) is 3.42. The predicted octanol–water partition coefficient (Wildman–Crippen LogP) is 2.32. The van der Waals surface area contributed by atoms with Crippen molar-refractivity contribution < 1.29 is 14.3 Å². The Balaban J connectivity index is 2.98. The van der Waals surface area contributed by atoms with Gasteiger partial charge in [0.05, 0.1) is 5.71 Å². The summed E-state index contributed by atoms with van der Waals surface area (Å²) in [4.78, 5) is 5.15. The van der Waals surface area contributed by atoms with E-state index in [4.69, 9.17) is 19.6 Å². The van der Waals surface area contributed by atoms with Crippen LogP contribution in [-0.4, -0.2) is 19.6 Å². The van der Waals surface area contributed by atoms with Crippen LogP contribution in [0.1, 0.15) is 19.4 Å². The van der Waals surface area contributed by atoms with E-state index in [2.05, 4.69) is 5.16 Å². The molecule has 0 aliphatic rings. The van der Waals surface area contributed by atoms with Crippen LogP contribution in [0.2, 0.25) is 0 Å². The van der Waals surface area contributed by atoms with Crippen LogP contribution in [0.5, 0.6) is 11.5 Å². The average Bonchev–Trinajstić information content (AvgIpc) is 2.33. The highest BCUT2D eigenvalue weighted by Gasteiger charge is 2.10. The molecule has 1 aromatic rings. The summed E-state index contributed by atoms with van der Waals surface area (Å²) in [5.74, 6) is 0.776. The van der Waals surface area contributed by atoms with Gasteiger partial charge in [-0.25, -0.2) is 0 Å². The van der Waals surface area contributed by atoms with Gasteiger partial charge in [-0.15, -0.1) is 0 Å². The van der Waals surface area contributed by atoms with Crippen LogP contribution in [0.25, 0.3) is 0 Å². The van der Waals surface area contributed by atoms with Crippen molar-refractivity contribution in [1.29, 1.82) is 5.26 Å². The lowest BCUT2D eigenvalue weighted by atomic mass is 10.2. The van der Waals surface area contributed by atoms with Crippen molar-refractivity contribution in [3.8, 4) is 17.6 Å². The minimum atomic E-state index is 0.0776. The molecule has 0 aliphatic carbocycles. The van der Waals surface area contributed by atoms with E-state index in [9.17, 15) is 0 Å². The lowest BCUT2D eigenvalue weighted by Gasteiger charge is -2.08. The van der Waals surface area contributed by atoms with E-state index >= 15 is 0 Å². The third-order valence-corrected chi connectivity index (χ3v) is 1.76. The van der Waals surface area contributed by atoms with Gasteiger partial charge in [0.2, 0.25) is 0 Å². The monoisotopic (exact) mass is 234 g/mol. The van der Waals surface area contributed by atoms with Crippen molar-refractivity contribution in [2.45, 2.75) is 13.8 Å². The molecule has 0 saturated carbocycles. The first-order valence-corrected chi connectivity index (χ1v) is 5.02. The highest BCUT2D eigenvalue weighted by molar-refractivity contribution is 5.78. The second-order valence-corrected chi connectivity index (χ2v) is 3.42. The summed E-state index contributed by atoms with van der Waals surface area (Å²) in [6, 6.07) is 7.08. The van der Waals surface area contributed by atoms with Gasteiger partial charge in [0.25, 0.3) is 0 Å². The molecule has 0 N–H and O–H groups in total. The number of nitrogens with zero attached hydrogens (tertiary/aromatic N) is 2. The van der Waals surface area contributed by atoms with E-state index in [1.807, 2.05) is 6.07 Å². The number of ether oxygens (including phenoxy) is 2. The lowest BCUT2D eigenvalue weighted by molar-refractivity contribution is 0.0507. The lowest BCUT2D eigenvalue weighted by Crippen LogP contribution is -2.01. The number of methoxy groups -OCH3 is 1. The topological polar surface area (TPSA) is 63.8 Å². The van der Waals surface area contributed by atoms with Crippen molar-refractivity contribution in [2.75, 3.05) is 13.9 Å². The molecule has 0 aromatic heterocycles. The average molecular weight is 234 g/mol. The van der Waals surface area contributed by atoms with Crippen LogP contribution in [0.4, 0.5) is 0 Å². The summed E-state index contributed by atoms with van der Waals surface area (Å²) >= 11 is 0. The largest absolute Gasteiger partial charge is 0.466 e. The van der Waals surface area contributed by atoms with E-state index in [1.54, 1.807) is 32.0 Å². The molecule has 17 heavy (non-hydrogen) atoms. The molecule has 0 bridgehead atoms. The standard InChI is InChI=1S/C12H14N2O3/c1-9(2)14-17-12-6-4-5-11(10(12)7-13)16-8-15-3/h4-6H,8H2,1-3H3. The molecule has 1 rings (SSSR count). The van der Waals surface area contributed by atoms with Crippen LogP contribution in [0, 0.1) is 11.3 Å². The highest BCUT2D eigenvalue weighted by atomic mass is 16.7. The van der Waals surface area contributed by atoms with E-state index in [-0.39, 0.29) is 6.79 Å². The Morgan fingerprint density at radius 2 is 2.06 bits per heavy atom. The normalized spacial score (nSPS) is 9.29. The maximum atomic E-state index is 9.06. The molecule has 1 aromatic carbocycles. The van der Waals surface area contributed by atoms with Crippen LogP contribution in [0.15, 0.2) is 23.4 Å². The second kappa shape index (κ2) is 6.51. The van der Waals surface area contributed by atoms with Gasteiger partial charge in [-0.2, -0.15) is 5.26 Å². The molecule has 5 heteroatoms. The maximum absolute atomic E-state index is 9.06. The summed E-state index contributed by atoms with van der Waals surface area (Å²) in [5, 5.41) is 12.9. The van der Waals surface area contributed by atoms with E-state index in [0.717, 1.165) is 5.71 Å². The Labute approximate surface area is 100 Å². The zero-order valence-corrected chi connectivity index (χ0v) is 10.1. The van der Waals surface area contributed by atoms with Gasteiger partial charge in [-0.05, 0) is 26.0 Å². The first kappa shape index (κ1) is 13.0. The molecular formula is C12H14N2O3. The van der Waals surface area contributed by atoms with Crippen LogP contribution in [0.3, 0.4) is 0 Å². The Kier molecular flexibility index (Phi) is 4.98. The third kappa shape index (κ3) is 3.78. The number of benzene rings is 1. The SMILES string of the molecule is COCOc1cccc(ON=C(C)C)c1C#N. The Morgan fingerprint density at radius 3 is 2.65 bits per heavy atom. The van der Waals surface area contributed by atoms with Crippen LogP contribution in [-0.2, 0) is 4.74 Å². The highest BCUT2D eigenvalue weighted by Crippen LogP contribution is 2.27. The van der Waals surface area contributed by atoms with Gasteiger partial charge in [0.15, 0.2) is 12.5 Å². The molecule has 0 saturated heterocycles. The molecule has 0 spiro atoms. The van der Waals surface area contributed by atoms with E-state index in [0.29, 0.717) is 17.1 Å². The maximum Gasteiger partial charge on any atom is 0.188 e. The van der Waals surface area contributed by atoms with Crippen molar-refractivity contribution in [3.05, 3.63) is 23.8 Å². The van der Waals surface area contributed by atoms with Gasteiger partial charge < -0.3 is 14.3 Å². The quantitative estimate of drug-likeness (QED) is 0.445. The first-order chi connectivity index (χ1) is 8.19. The van der Waals surface area contributed by atoms with E-state index < -0.39 is 0 Å². The Morgan fingerprint density at radius 1 is 1.35 bits per heavy atom. The number of hydrogen-bond donors (Lipinski definition) is 0. The number of rotatable bonds is 5. The summed E-state index contributed by atoms with van der Waals surface area (Å²) in [5.41, 5.74) is 1.06. The fourth-order valence-electron chi connectivity index (χ4n) is 1.08. The third-order valence-electron chi connectivity index (χ3n) is 1.76. The van der Waals surface area contributed by atoms with Crippen LogP contribution < -0.4 is 9.57 Å². The molecule has 0 unspecified atom stereocenters. The molecular weight excluding hydrogens is 220 g/mol. The van der Waals surface area contributed by atoms with Gasteiger partial charge in [-0.3, -0.25) is 0 Å². The molecule has 0 heterocycles. The number of nitriles is 1. The molecule has 0 radical (unpaired) electrons. The zero-order chi connectivity index (χ0) is 12.7. The van der Waals surface area contributed by atoms with Gasteiger partial charge in [0, 0.05) is 7.11 Å². The van der Waals surface area contributed by atoms with Crippen molar-refractivity contribution in [2.24, 2.45) is 5.16 Å². The molecule has 0 amide bonds. The fraction of sp³-hybridized carbons (Fsp3) is 0.333. The molecule has 0 atom stereocenters. The van der Waals surface area contributed by atoms with Gasteiger partial charge in [-0.1, -0.05) is 11.2 Å². The molecule has 0 aliphatic heterocycles. The fourth-order valence-corrected chi connectivity index (χ4v) is 1.08.